The van der Waals surface area contributed by atoms with Crippen molar-refractivity contribution >= 4 is 0 Å². The van der Waals surface area contributed by atoms with Crippen molar-refractivity contribution in [3.63, 3.8) is 0 Å². The van der Waals surface area contributed by atoms with Crippen LogP contribution in [0.1, 0.15) is 33.1 Å². The Hall–Kier alpha value is -0.160. The highest BCUT2D eigenvalue weighted by Crippen LogP contribution is 2.11. The minimum absolute atomic E-state index is 0.179. The van der Waals surface area contributed by atoms with E-state index in [1.807, 2.05) is 0 Å². The summed E-state index contributed by atoms with van der Waals surface area (Å²) in [6.07, 6.45) is 3.53. The third-order valence-electron chi connectivity index (χ3n) is 2.97. The summed E-state index contributed by atoms with van der Waals surface area (Å²) in [5.41, 5.74) is 0. The largest absolute Gasteiger partial charge is 0.379 e. The van der Waals surface area contributed by atoms with Crippen molar-refractivity contribution in [1.82, 2.24) is 5.32 Å². The van der Waals surface area contributed by atoms with Gasteiger partial charge in [0.2, 0.25) is 0 Å². The lowest BCUT2D eigenvalue weighted by Gasteiger charge is -2.31. The molecule has 1 saturated heterocycles. The van der Waals surface area contributed by atoms with Crippen molar-refractivity contribution in [1.29, 1.82) is 0 Å². The average Bonchev–Trinajstić information content (AvgIpc) is 2.36. The molecule has 0 aromatic rings. The van der Waals surface area contributed by atoms with Crippen molar-refractivity contribution < 1.29 is 14.2 Å². The molecule has 1 aliphatic rings. The van der Waals surface area contributed by atoms with Crippen molar-refractivity contribution in [2.45, 2.75) is 45.3 Å². The second-order valence-corrected chi connectivity index (χ2v) is 4.40. The molecule has 0 saturated carbocycles. The molecule has 2 unspecified atom stereocenters. The van der Waals surface area contributed by atoms with Crippen LogP contribution in [0.2, 0.25) is 0 Å². The van der Waals surface area contributed by atoms with E-state index >= 15 is 0 Å². The predicted octanol–water partition coefficient (Wildman–Crippen LogP) is 1.59. The van der Waals surface area contributed by atoms with Gasteiger partial charge in [0.15, 0.2) is 0 Å². The zero-order valence-corrected chi connectivity index (χ0v) is 11.2. The maximum absolute atomic E-state index is 5.82. The number of rotatable bonds is 9. The van der Waals surface area contributed by atoms with E-state index in [2.05, 4.69) is 19.2 Å². The Kier molecular flexibility index (Phi) is 8.61. The summed E-state index contributed by atoms with van der Waals surface area (Å²) in [6.45, 7) is 9.02. The van der Waals surface area contributed by atoms with Gasteiger partial charge in [-0.05, 0) is 19.4 Å². The van der Waals surface area contributed by atoms with Crippen LogP contribution in [-0.4, -0.2) is 51.7 Å². The molecule has 0 spiro atoms. The molecule has 4 nitrogen and oxygen atoms in total. The van der Waals surface area contributed by atoms with E-state index in [1.54, 1.807) is 0 Å². The van der Waals surface area contributed by atoms with Gasteiger partial charge in [-0.25, -0.2) is 0 Å². The molecule has 17 heavy (non-hydrogen) atoms. The molecule has 1 fully saturated rings. The van der Waals surface area contributed by atoms with Crippen LogP contribution in [0.25, 0.3) is 0 Å². The third-order valence-corrected chi connectivity index (χ3v) is 2.97. The second kappa shape index (κ2) is 9.83. The zero-order valence-electron chi connectivity index (χ0n) is 11.2. The first-order valence-corrected chi connectivity index (χ1v) is 6.89. The van der Waals surface area contributed by atoms with Crippen molar-refractivity contribution in [3.8, 4) is 0 Å². The van der Waals surface area contributed by atoms with E-state index in [0.29, 0.717) is 25.9 Å². The van der Waals surface area contributed by atoms with Gasteiger partial charge >= 0.3 is 0 Å². The van der Waals surface area contributed by atoms with Crippen LogP contribution < -0.4 is 5.32 Å². The third kappa shape index (κ3) is 6.36. The van der Waals surface area contributed by atoms with Crippen LogP contribution >= 0.6 is 0 Å². The molecular formula is C13H27NO3. The van der Waals surface area contributed by atoms with Crippen LogP contribution in [-0.2, 0) is 14.2 Å². The molecular weight excluding hydrogens is 218 g/mol. The van der Waals surface area contributed by atoms with E-state index in [0.717, 1.165) is 32.6 Å². The number of likely N-dealkylation sites (N-methyl/N-ethyl adjacent to an activating group) is 1. The Morgan fingerprint density at radius 2 is 2.12 bits per heavy atom. The first-order chi connectivity index (χ1) is 8.38. The summed E-state index contributed by atoms with van der Waals surface area (Å²) in [7, 11) is 0. The lowest BCUT2D eigenvalue weighted by atomic mass is 10.1. The summed E-state index contributed by atoms with van der Waals surface area (Å²) in [5, 5.41) is 3.45. The molecule has 0 aromatic heterocycles. The topological polar surface area (TPSA) is 39.7 Å². The Morgan fingerprint density at radius 1 is 1.24 bits per heavy atom. The molecule has 1 aliphatic heterocycles. The van der Waals surface area contributed by atoms with Gasteiger partial charge in [0.1, 0.15) is 0 Å². The predicted molar refractivity (Wildman–Crippen MR) is 68.4 cm³/mol. The zero-order chi connectivity index (χ0) is 12.3. The lowest BCUT2D eigenvalue weighted by Crippen LogP contribution is -2.48. The molecule has 0 bridgehead atoms. The standard InChI is InChI=1S/C13H27NO3/c1-3-5-7-15-9-10-17-13-11-16-8-6-12(13)14-4-2/h12-14H,3-11H2,1-2H3. The summed E-state index contributed by atoms with van der Waals surface area (Å²) in [4.78, 5) is 0. The van der Waals surface area contributed by atoms with E-state index in [4.69, 9.17) is 14.2 Å². The maximum Gasteiger partial charge on any atom is 0.0962 e. The lowest BCUT2D eigenvalue weighted by molar-refractivity contribution is -0.0809. The molecule has 1 rings (SSSR count). The fourth-order valence-electron chi connectivity index (χ4n) is 1.98. The monoisotopic (exact) mass is 245 g/mol. The number of nitrogens with one attached hydrogen (secondary N) is 1. The number of hydrogen-bond acceptors (Lipinski definition) is 4. The Balaban J connectivity index is 2.06. The minimum Gasteiger partial charge on any atom is -0.379 e. The quantitative estimate of drug-likeness (QED) is 0.626. The summed E-state index contributed by atoms with van der Waals surface area (Å²) < 4.78 is 16.7. The van der Waals surface area contributed by atoms with Gasteiger partial charge < -0.3 is 19.5 Å². The van der Waals surface area contributed by atoms with Crippen LogP contribution in [0.15, 0.2) is 0 Å². The first kappa shape index (κ1) is 14.9. The molecule has 0 amide bonds. The Bertz CT molecular complexity index is 176. The van der Waals surface area contributed by atoms with Gasteiger partial charge in [0.25, 0.3) is 0 Å². The van der Waals surface area contributed by atoms with E-state index in [1.165, 1.54) is 6.42 Å². The maximum atomic E-state index is 5.82. The average molecular weight is 245 g/mol. The van der Waals surface area contributed by atoms with Gasteiger partial charge in [-0.15, -0.1) is 0 Å². The van der Waals surface area contributed by atoms with Crippen LogP contribution in [0.5, 0.6) is 0 Å². The molecule has 102 valence electrons. The highest BCUT2D eigenvalue weighted by atomic mass is 16.6. The van der Waals surface area contributed by atoms with Crippen LogP contribution in [0.3, 0.4) is 0 Å². The first-order valence-electron chi connectivity index (χ1n) is 6.89. The normalized spacial score (nSPS) is 25.1. The fraction of sp³-hybridized carbons (Fsp3) is 1.00. The van der Waals surface area contributed by atoms with E-state index in [-0.39, 0.29) is 6.10 Å². The second-order valence-electron chi connectivity index (χ2n) is 4.40. The number of unbranched alkanes of at least 4 members (excludes halogenated alkanes) is 1. The van der Waals surface area contributed by atoms with Gasteiger partial charge in [0, 0.05) is 19.3 Å². The van der Waals surface area contributed by atoms with Crippen molar-refractivity contribution in [2.75, 3.05) is 39.6 Å². The van der Waals surface area contributed by atoms with Crippen molar-refractivity contribution in [2.24, 2.45) is 0 Å². The Labute approximate surface area is 105 Å². The summed E-state index contributed by atoms with van der Waals surface area (Å²) in [6, 6.07) is 0.435. The SMILES string of the molecule is CCCCOCCOC1COCCC1NCC. The molecule has 1 heterocycles. The van der Waals surface area contributed by atoms with E-state index in [9.17, 15) is 0 Å². The molecule has 1 N–H and O–H groups in total. The van der Waals surface area contributed by atoms with E-state index < -0.39 is 0 Å². The molecule has 0 radical (unpaired) electrons. The molecule has 0 aliphatic carbocycles. The smallest absolute Gasteiger partial charge is 0.0962 e. The van der Waals surface area contributed by atoms with Crippen LogP contribution in [0, 0.1) is 0 Å². The van der Waals surface area contributed by atoms with Gasteiger partial charge in [-0.2, -0.15) is 0 Å². The highest BCUT2D eigenvalue weighted by Gasteiger charge is 2.25. The Morgan fingerprint density at radius 3 is 2.88 bits per heavy atom. The number of hydrogen-bond donors (Lipinski definition) is 1. The molecule has 2 atom stereocenters. The summed E-state index contributed by atoms with van der Waals surface area (Å²) in [5.74, 6) is 0. The van der Waals surface area contributed by atoms with Crippen molar-refractivity contribution in [3.05, 3.63) is 0 Å². The fourth-order valence-corrected chi connectivity index (χ4v) is 1.98. The van der Waals surface area contributed by atoms with Crippen LogP contribution in [0.4, 0.5) is 0 Å². The number of ether oxygens (including phenoxy) is 3. The molecule has 4 heteroatoms. The summed E-state index contributed by atoms with van der Waals surface area (Å²) >= 11 is 0. The van der Waals surface area contributed by atoms with Gasteiger partial charge in [-0.1, -0.05) is 20.3 Å². The van der Waals surface area contributed by atoms with Gasteiger partial charge in [0.05, 0.1) is 25.9 Å². The van der Waals surface area contributed by atoms with Gasteiger partial charge in [-0.3, -0.25) is 0 Å². The highest BCUT2D eigenvalue weighted by molar-refractivity contribution is 4.79. The molecule has 0 aromatic carbocycles. The minimum atomic E-state index is 0.179.